The largest absolute Gasteiger partial charge is 0.481 e. The first-order valence-corrected chi connectivity index (χ1v) is 24.9. The third-order valence-corrected chi connectivity index (χ3v) is 13.6. The third-order valence-electron chi connectivity index (χ3n) is 9.43. The number of rotatable bonds is 16. The van der Waals surface area contributed by atoms with Crippen molar-refractivity contribution in [1.82, 2.24) is 43.4 Å². The number of ether oxygens (including phenoxy) is 4. The van der Waals surface area contributed by atoms with Gasteiger partial charge in [0, 0.05) is 29.2 Å². The minimum Gasteiger partial charge on any atom is -0.481 e. The first kappa shape index (κ1) is 56.6. The van der Waals surface area contributed by atoms with Crippen LogP contribution in [0.5, 0.6) is 17.5 Å². The van der Waals surface area contributed by atoms with Gasteiger partial charge in [-0.15, -0.1) is 16.7 Å². The number of benzene rings is 2. The number of esters is 1. The summed E-state index contributed by atoms with van der Waals surface area (Å²) >= 11 is 17.9. The molecule has 0 bridgehead atoms. The van der Waals surface area contributed by atoms with E-state index in [-0.39, 0.29) is 68.8 Å². The van der Waals surface area contributed by atoms with Crippen LogP contribution in [-0.4, -0.2) is 117 Å². The van der Waals surface area contributed by atoms with E-state index in [0.717, 1.165) is 21.9 Å². The Labute approximate surface area is 426 Å². The fourth-order valence-corrected chi connectivity index (χ4v) is 9.47. The number of methoxy groups -OCH3 is 2. The maximum Gasteiger partial charge on any atom is 0.355 e. The van der Waals surface area contributed by atoms with Gasteiger partial charge in [-0.2, -0.15) is 31.8 Å². The zero-order chi connectivity index (χ0) is 53.9. The first-order chi connectivity index (χ1) is 34.5. The van der Waals surface area contributed by atoms with Gasteiger partial charge in [-0.05, 0) is 67.9 Å². The number of alkyl halides is 3. The maximum absolute atomic E-state index is 14.2. The number of hydrogen-bond acceptors (Lipinski definition) is 17. The maximum atomic E-state index is 14.2. The van der Waals surface area contributed by atoms with E-state index in [4.69, 9.17) is 58.9 Å². The van der Waals surface area contributed by atoms with Gasteiger partial charge in [0.25, 0.3) is 10.0 Å². The Morgan fingerprint density at radius 3 is 2.21 bits per heavy atom. The van der Waals surface area contributed by atoms with Gasteiger partial charge in [0.2, 0.25) is 17.7 Å². The predicted molar refractivity (Wildman–Crippen MR) is 256 cm³/mol. The number of carboxylic acids is 1. The smallest absolute Gasteiger partial charge is 0.355 e. The molecule has 5 aromatic heterocycles. The van der Waals surface area contributed by atoms with Crippen LogP contribution >= 0.6 is 34.8 Å². The minimum absolute atomic E-state index is 0.0424. The SMILES string of the molecule is CCOC(=O)C(Cl)Cc1cc(-n2nc(C)n(C(F)F)c2=O)c(F)cc1Cl.CCS(=O)(=O)c1nc2ccccn2c1S(=O)(=O)NC(=O)Nc1nc(OC)cc(OC)n1.O=C(O)COc1ccc(Cl)c2cccnc12. The van der Waals surface area contributed by atoms with E-state index < -0.39 is 77.9 Å². The van der Waals surface area contributed by atoms with E-state index >= 15 is 0 Å². The summed E-state index contributed by atoms with van der Waals surface area (Å²) in [5.41, 5.74) is -0.721. The van der Waals surface area contributed by atoms with Crippen LogP contribution in [-0.2, 0) is 40.6 Å². The van der Waals surface area contributed by atoms with Crippen molar-refractivity contribution in [1.29, 1.82) is 0 Å². The van der Waals surface area contributed by atoms with E-state index in [1.165, 1.54) is 52.5 Å². The molecule has 0 saturated heterocycles. The number of nitrogens with one attached hydrogen (secondary N) is 2. The van der Waals surface area contributed by atoms with Crippen LogP contribution in [0.1, 0.15) is 31.8 Å². The van der Waals surface area contributed by atoms with Crippen LogP contribution in [0.3, 0.4) is 0 Å². The van der Waals surface area contributed by atoms with Crippen LogP contribution in [0.25, 0.3) is 22.2 Å². The summed E-state index contributed by atoms with van der Waals surface area (Å²) in [7, 11) is -6.04. The number of nitrogens with zero attached hydrogens (tertiary/aromatic N) is 8. The molecule has 0 fully saturated rings. The van der Waals surface area contributed by atoms with Crippen LogP contribution in [0.15, 0.2) is 87.9 Å². The molecule has 5 heterocycles. The van der Waals surface area contributed by atoms with Crippen molar-refractivity contribution < 1.29 is 68.4 Å². The lowest BCUT2D eigenvalue weighted by Crippen LogP contribution is -2.36. The number of sulfonamides is 1. The highest BCUT2D eigenvalue weighted by Crippen LogP contribution is 2.30. The lowest BCUT2D eigenvalue weighted by atomic mass is 10.1. The molecule has 0 spiro atoms. The number of hydrogen-bond donors (Lipinski definition) is 3. The number of anilines is 1. The second-order valence-electron chi connectivity index (χ2n) is 14.2. The molecule has 0 saturated carbocycles. The summed E-state index contributed by atoms with van der Waals surface area (Å²) in [5.74, 6) is -3.10. The second kappa shape index (κ2) is 24.4. The van der Waals surface area contributed by atoms with Crippen LogP contribution in [0, 0.1) is 12.7 Å². The summed E-state index contributed by atoms with van der Waals surface area (Å²) in [6.45, 7) is 0.760. The molecule has 1 unspecified atom stereocenters. The number of aliphatic carboxylic acids is 1. The number of fused-ring (bicyclic) bond motifs is 2. The number of imidazole rings is 1. The molecule has 3 N–H and O–H groups in total. The molecule has 1 atom stereocenters. The molecule has 0 aliphatic rings. The normalized spacial score (nSPS) is 11.7. The quantitative estimate of drug-likeness (QED) is 0.0734. The Kier molecular flexibility index (Phi) is 19.0. The van der Waals surface area contributed by atoms with Gasteiger partial charge in [-0.1, -0.05) is 36.2 Å². The fraction of sp³-hybridized carbons (Fsp3) is 0.262. The average molecular weight is 1120 g/mol. The highest BCUT2D eigenvalue weighted by Gasteiger charge is 2.33. The number of carbonyl (C=O) groups is 3. The van der Waals surface area contributed by atoms with E-state index in [1.54, 1.807) is 48.2 Å². The van der Waals surface area contributed by atoms with E-state index in [1.807, 2.05) is 0 Å². The van der Waals surface area contributed by atoms with Crippen molar-refractivity contribution in [2.45, 2.75) is 49.2 Å². The van der Waals surface area contributed by atoms with Crippen molar-refractivity contribution in [2.75, 3.05) is 38.5 Å². The molecule has 31 heteroatoms. The monoisotopic (exact) mass is 1120 g/mol. The first-order valence-electron chi connectivity index (χ1n) is 20.6. The molecule has 7 rings (SSSR count). The zero-order valence-electron chi connectivity index (χ0n) is 38.4. The van der Waals surface area contributed by atoms with E-state index in [0.29, 0.717) is 21.0 Å². The number of sulfone groups is 1. The Morgan fingerprint density at radius 1 is 0.918 bits per heavy atom. The number of halogens is 6. The van der Waals surface area contributed by atoms with Gasteiger partial charge in [0.05, 0.1) is 37.7 Å². The highest BCUT2D eigenvalue weighted by atomic mass is 35.5. The topological polar surface area (TPSA) is 296 Å². The van der Waals surface area contributed by atoms with Crippen LogP contribution in [0.4, 0.5) is 23.9 Å². The van der Waals surface area contributed by atoms with Crippen LogP contribution in [0.2, 0.25) is 10.0 Å². The fourth-order valence-electron chi connectivity index (χ4n) is 6.14. The average Bonchev–Trinajstić information content (AvgIpc) is 3.90. The van der Waals surface area contributed by atoms with Crippen LogP contribution < -0.4 is 29.9 Å². The molecular weight excluding hydrogens is 1080 g/mol. The number of amides is 2. The molecule has 7 aromatic rings. The van der Waals surface area contributed by atoms with Gasteiger partial charge in [0.15, 0.2) is 32.3 Å². The summed E-state index contributed by atoms with van der Waals surface area (Å²) in [5, 5.41) is 13.1. The van der Waals surface area contributed by atoms with E-state index in [2.05, 4.69) is 30.4 Å². The summed E-state index contributed by atoms with van der Waals surface area (Å²) in [4.78, 5) is 62.2. The van der Waals surface area contributed by atoms with Gasteiger partial charge < -0.3 is 24.1 Å². The Morgan fingerprint density at radius 2 is 1.60 bits per heavy atom. The van der Waals surface area contributed by atoms with Crippen molar-refractivity contribution in [3.8, 4) is 23.2 Å². The molecule has 73 heavy (non-hydrogen) atoms. The van der Waals surface area contributed by atoms with Gasteiger partial charge in [-0.25, -0.2) is 41.5 Å². The number of pyridine rings is 2. The molecule has 23 nitrogen and oxygen atoms in total. The Hall–Kier alpha value is -7.27. The lowest BCUT2D eigenvalue weighted by molar-refractivity contribution is -0.142. The number of aryl methyl sites for hydroxylation is 1. The number of urea groups is 1. The Balaban J connectivity index is 0.000000213. The predicted octanol–water partition coefficient (Wildman–Crippen LogP) is 6.04. The molecule has 2 aromatic carbocycles. The zero-order valence-corrected chi connectivity index (χ0v) is 42.3. The van der Waals surface area contributed by atoms with Gasteiger partial charge in [0.1, 0.15) is 33.8 Å². The van der Waals surface area contributed by atoms with Gasteiger partial charge >= 0.3 is 30.2 Å². The number of aromatic nitrogens is 8. The summed E-state index contributed by atoms with van der Waals surface area (Å²) in [6, 6.07) is 13.5. The molecule has 0 aliphatic carbocycles. The summed E-state index contributed by atoms with van der Waals surface area (Å²) < 4.78 is 114. The molecule has 390 valence electrons. The van der Waals surface area contributed by atoms with E-state index in [9.17, 15) is 49.2 Å². The Bertz CT molecular complexity index is 3450. The molecule has 0 aliphatic heterocycles. The number of carboxylic acid groups (broad SMARTS) is 1. The van der Waals surface area contributed by atoms with Crippen molar-refractivity contribution in [2.24, 2.45) is 0 Å². The summed E-state index contributed by atoms with van der Waals surface area (Å²) in [6.07, 6.45) is 2.81. The number of carbonyl (C=O) groups excluding carboxylic acids is 2. The highest BCUT2D eigenvalue weighted by molar-refractivity contribution is 7.93. The van der Waals surface area contributed by atoms with Crippen molar-refractivity contribution in [3.05, 3.63) is 111 Å². The lowest BCUT2D eigenvalue weighted by Gasteiger charge is -2.12. The van der Waals surface area contributed by atoms with Crippen molar-refractivity contribution >= 4 is 95.1 Å². The second-order valence-corrected chi connectivity index (χ2v) is 19.4. The molecule has 0 radical (unpaired) electrons. The minimum atomic E-state index is -4.68. The van der Waals surface area contributed by atoms with Crippen molar-refractivity contribution in [3.63, 3.8) is 0 Å². The molecular formula is C42H40Cl3F3N10O13S2. The molecule has 2 amide bonds. The standard InChI is InChI=1S/C16H18N6O7S2.C15H14Cl2F3N3O3.C11H8ClNO3/c1-4-30(24,25)13-14(22-8-6-5-7-10(22)17-13)31(26,27)21-16(23)20-15-18-11(28-2)9-12(19-15)29-3;1-3-26-13(24)10(17)4-8-5-12(11(18)6-9(8)16)23-15(25)22(14(19)20)7(2)21-23;12-8-3-4-9(16-6-10(14)15)11-7(8)2-1-5-13-11/h5-9H,4H2,1-3H3,(H2,18,19,20,21,23);5-6,10,14H,3-4H2,1-2H3;1-5H,6H2,(H,14,15). The van der Waals surface area contributed by atoms with Gasteiger partial charge in [-0.3, -0.25) is 19.5 Å². The third kappa shape index (κ3) is 13.8.